The SMILES string of the molecule is COc1c(Br)cc(Br)cc1CN[C@H](C)c1ccco1. The molecular weight excluding hydrogens is 374 g/mol. The molecule has 1 aromatic heterocycles. The highest BCUT2D eigenvalue weighted by Gasteiger charge is 2.12. The number of hydrogen-bond acceptors (Lipinski definition) is 3. The van der Waals surface area contributed by atoms with E-state index in [2.05, 4.69) is 44.1 Å². The van der Waals surface area contributed by atoms with Gasteiger partial charge in [-0.25, -0.2) is 0 Å². The van der Waals surface area contributed by atoms with Crippen LogP contribution in [0.2, 0.25) is 0 Å². The normalized spacial score (nSPS) is 12.4. The van der Waals surface area contributed by atoms with Crippen molar-refractivity contribution in [2.75, 3.05) is 7.11 Å². The summed E-state index contributed by atoms with van der Waals surface area (Å²) in [6, 6.07) is 8.02. The first kappa shape index (κ1) is 14.6. The van der Waals surface area contributed by atoms with Gasteiger partial charge in [0, 0.05) is 16.6 Å². The number of halogens is 2. The minimum Gasteiger partial charge on any atom is -0.495 e. The molecule has 1 N–H and O–H groups in total. The van der Waals surface area contributed by atoms with Crippen molar-refractivity contribution >= 4 is 31.9 Å². The maximum Gasteiger partial charge on any atom is 0.137 e. The number of benzene rings is 1. The summed E-state index contributed by atoms with van der Waals surface area (Å²) >= 11 is 6.99. The molecule has 1 atom stereocenters. The minimum atomic E-state index is 0.150. The Bertz CT molecular complexity index is 541. The smallest absolute Gasteiger partial charge is 0.137 e. The van der Waals surface area contributed by atoms with Gasteiger partial charge in [0.15, 0.2) is 0 Å². The zero-order valence-electron chi connectivity index (χ0n) is 10.7. The second-order valence-electron chi connectivity index (χ2n) is 4.20. The molecule has 1 aromatic carbocycles. The molecule has 0 amide bonds. The first-order chi connectivity index (χ1) is 9.11. The molecule has 0 saturated heterocycles. The van der Waals surface area contributed by atoms with Crippen molar-refractivity contribution in [1.82, 2.24) is 5.32 Å². The summed E-state index contributed by atoms with van der Waals surface area (Å²) in [6.07, 6.45) is 1.68. The molecule has 0 aliphatic rings. The molecule has 0 spiro atoms. The molecule has 102 valence electrons. The monoisotopic (exact) mass is 387 g/mol. The van der Waals surface area contributed by atoms with E-state index >= 15 is 0 Å². The third-order valence-corrected chi connectivity index (χ3v) is 3.90. The van der Waals surface area contributed by atoms with Crippen molar-refractivity contribution in [3.8, 4) is 5.75 Å². The van der Waals surface area contributed by atoms with E-state index in [-0.39, 0.29) is 6.04 Å². The van der Waals surface area contributed by atoms with E-state index in [1.54, 1.807) is 13.4 Å². The van der Waals surface area contributed by atoms with Gasteiger partial charge in [0.2, 0.25) is 0 Å². The first-order valence-electron chi connectivity index (χ1n) is 5.90. The standard InChI is InChI=1S/C14H15Br2NO2/c1-9(13-4-3-5-19-13)17-8-10-6-11(15)7-12(16)14(10)18-2/h3-7,9,17H,8H2,1-2H3/t9-/m1/s1. The lowest BCUT2D eigenvalue weighted by molar-refractivity contribution is 0.397. The molecule has 19 heavy (non-hydrogen) atoms. The van der Waals surface area contributed by atoms with Crippen LogP contribution in [0.5, 0.6) is 5.75 Å². The maximum absolute atomic E-state index is 5.42. The Hall–Kier alpha value is -0.780. The molecule has 0 radical (unpaired) electrons. The van der Waals surface area contributed by atoms with E-state index in [0.29, 0.717) is 6.54 Å². The summed E-state index contributed by atoms with van der Waals surface area (Å²) in [7, 11) is 1.67. The lowest BCUT2D eigenvalue weighted by Crippen LogP contribution is -2.18. The van der Waals surface area contributed by atoms with E-state index in [0.717, 1.165) is 26.0 Å². The molecule has 0 bridgehead atoms. The number of furan rings is 1. The predicted molar refractivity (Wildman–Crippen MR) is 82.4 cm³/mol. The molecule has 0 aliphatic heterocycles. The largest absolute Gasteiger partial charge is 0.495 e. The summed E-state index contributed by atoms with van der Waals surface area (Å²) < 4.78 is 12.8. The van der Waals surface area contributed by atoms with Gasteiger partial charge in [-0.2, -0.15) is 0 Å². The van der Waals surface area contributed by atoms with E-state index in [4.69, 9.17) is 9.15 Å². The maximum atomic E-state index is 5.42. The summed E-state index contributed by atoms with van der Waals surface area (Å²) in [6.45, 7) is 2.77. The van der Waals surface area contributed by atoms with Crippen LogP contribution in [0.25, 0.3) is 0 Å². The lowest BCUT2D eigenvalue weighted by atomic mass is 10.1. The zero-order chi connectivity index (χ0) is 13.8. The first-order valence-corrected chi connectivity index (χ1v) is 7.49. The fourth-order valence-electron chi connectivity index (χ4n) is 1.87. The number of ether oxygens (including phenoxy) is 1. The van der Waals surface area contributed by atoms with E-state index < -0.39 is 0 Å². The van der Waals surface area contributed by atoms with Crippen LogP contribution in [0.4, 0.5) is 0 Å². The Balaban J connectivity index is 2.11. The van der Waals surface area contributed by atoms with Crippen LogP contribution in [0.1, 0.15) is 24.3 Å². The molecular formula is C14H15Br2NO2. The molecule has 1 heterocycles. The number of methoxy groups -OCH3 is 1. The Labute approximate surface area is 129 Å². The Morgan fingerprint density at radius 1 is 1.37 bits per heavy atom. The second-order valence-corrected chi connectivity index (χ2v) is 5.97. The van der Waals surface area contributed by atoms with Gasteiger partial charge in [0.1, 0.15) is 11.5 Å². The average molecular weight is 389 g/mol. The van der Waals surface area contributed by atoms with Crippen molar-refractivity contribution in [3.05, 3.63) is 50.8 Å². The highest BCUT2D eigenvalue weighted by Crippen LogP contribution is 2.32. The minimum absolute atomic E-state index is 0.150. The average Bonchev–Trinajstić information content (AvgIpc) is 2.89. The van der Waals surface area contributed by atoms with Crippen molar-refractivity contribution in [1.29, 1.82) is 0 Å². The van der Waals surface area contributed by atoms with Crippen LogP contribution >= 0.6 is 31.9 Å². The van der Waals surface area contributed by atoms with E-state index in [9.17, 15) is 0 Å². The van der Waals surface area contributed by atoms with Gasteiger partial charge >= 0.3 is 0 Å². The molecule has 0 saturated carbocycles. The highest BCUT2D eigenvalue weighted by atomic mass is 79.9. The summed E-state index contributed by atoms with van der Waals surface area (Å²) in [4.78, 5) is 0. The number of hydrogen-bond donors (Lipinski definition) is 1. The quantitative estimate of drug-likeness (QED) is 0.808. The third kappa shape index (κ3) is 3.61. The van der Waals surface area contributed by atoms with Crippen LogP contribution in [-0.4, -0.2) is 7.11 Å². The van der Waals surface area contributed by atoms with Crippen molar-refractivity contribution in [2.45, 2.75) is 19.5 Å². The van der Waals surface area contributed by atoms with Crippen LogP contribution in [-0.2, 0) is 6.54 Å². The van der Waals surface area contributed by atoms with Crippen LogP contribution in [0.3, 0.4) is 0 Å². The molecule has 2 aromatic rings. The Kier molecular flexibility index (Phi) is 5.07. The van der Waals surface area contributed by atoms with E-state index in [1.807, 2.05) is 24.3 Å². The molecule has 2 rings (SSSR count). The molecule has 0 unspecified atom stereocenters. The van der Waals surface area contributed by atoms with Crippen LogP contribution in [0, 0.1) is 0 Å². The molecule has 0 aliphatic carbocycles. The highest BCUT2D eigenvalue weighted by molar-refractivity contribution is 9.11. The third-order valence-electron chi connectivity index (χ3n) is 2.86. The Morgan fingerprint density at radius 3 is 2.79 bits per heavy atom. The molecule has 0 fully saturated rings. The predicted octanol–water partition coefficient (Wildman–Crippen LogP) is 4.66. The lowest BCUT2D eigenvalue weighted by Gasteiger charge is -2.15. The van der Waals surface area contributed by atoms with Gasteiger partial charge in [-0.15, -0.1) is 0 Å². The number of nitrogens with one attached hydrogen (secondary N) is 1. The van der Waals surface area contributed by atoms with Gasteiger partial charge in [-0.3, -0.25) is 0 Å². The van der Waals surface area contributed by atoms with Gasteiger partial charge in [-0.05, 0) is 47.1 Å². The van der Waals surface area contributed by atoms with Gasteiger partial charge in [0.05, 0.1) is 23.9 Å². The van der Waals surface area contributed by atoms with Gasteiger partial charge < -0.3 is 14.5 Å². The summed E-state index contributed by atoms with van der Waals surface area (Å²) in [5.74, 6) is 1.77. The zero-order valence-corrected chi connectivity index (χ0v) is 13.9. The van der Waals surface area contributed by atoms with Gasteiger partial charge in [-0.1, -0.05) is 15.9 Å². The van der Waals surface area contributed by atoms with Crippen molar-refractivity contribution < 1.29 is 9.15 Å². The number of rotatable bonds is 5. The fourth-order valence-corrected chi connectivity index (χ4v) is 3.35. The summed E-state index contributed by atoms with van der Waals surface area (Å²) in [5, 5.41) is 3.42. The fraction of sp³-hybridized carbons (Fsp3) is 0.286. The topological polar surface area (TPSA) is 34.4 Å². The van der Waals surface area contributed by atoms with E-state index in [1.165, 1.54) is 0 Å². The van der Waals surface area contributed by atoms with Crippen LogP contribution in [0.15, 0.2) is 43.9 Å². The van der Waals surface area contributed by atoms with Gasteiger partial charge in [0.25, 0.3) is 0 Å². The molecule has 5 heteroatoms. The second kappa shape index (κ2) is 6.59. The molecule has 3 nitrogen and oxygen atoms in total. The Morgan fingerprint density at radius 2 is 2.16 bits per heavy atom. The summed E-state index contributed by atoms with van der Waals surface area (Å²) in [5.41, 5.74) is 1.09. The van der Waals surface area contributed by atoms with Crippen molar-refractivity contribution in [3.63, 3.8) is 0 Å². The van der Waals surface area contributed by atoms with Crippen LogP contribution < -0.4 is 10.1 Å². The van der Waals surface area contributed by atoms with Crippen molar-refractivity contribution in [2.24, 2.45) is 0 Å².